The van der Waals surface area contributed by atoms with Crippen molar-refractivity contribution in [2.45, 2.75) is 5.54 Å². The van der Waals surface area contributed by atoms with Gasteiger partial charge in [-0.1, -0.05) is 84.4 Å². The molecule has 0 saturated heterocycles. The Balaban J connectivity index is 2.00. The maximum atomic E-state index is 6.19. The summed E-state index contributed by atoms with van der Waals surface area (Å²) in [5.74, 6) is 0. The Morgan fingerprint density at radius 1 is 0.593 bits per heavy atom. The van der Waals surface area contributed by atoms with Crippen LogP contribution in [0.15, 0.2) is 109 Å². The number of nitrogens with zero attached hydrogens (tertiary/aromatic N) is 1. The van der Waals surface area contributed by atoms with Crippen LogP contribution in [0.5, 0.6) is 0 Å². The summed E-state index contributed by atoms with van der Waals surface area (Å²) in [6, 6.07) is 32.9. The molecule has 27 heavy (non-hydrogen) atoms. The van der Waals surface area contributed by atoms with Crippen molar-refractivity contribution in [3.8, 4) is 0 Å². The molecule has 0 saturated carbocycles. The minimum Gasteiger partial charge on any atom is -0.368 e. The molecule has 0 unspecified atom stereocenters. The summed E-state index contributed by atoms with van der Waals surface area (Å²) >= 11 is 6.19. The molecule has 1 heterocycles. The highest BCUT2D eigenvalue weighted by molar-refractivity contribution is 6.30. The zero-order valence-electron chi connectivity index (χ0n) is 14.7. The largest absolute Gasteiger partial charge is 0.368 e. The van der Waals surface area contributed by atoms with Crippen LogP contribution < -0.4 is 5.32 Å². The van der Waals surface area contributed by atoms with Gasteiger partial charge in [0.15, 0.2) is 0 Å². The molecular formula is C24H19ClN2. The number of aromatic nitrogens is 1. The highest BCUT2D eigenvalue weighted by Gasteiger charge is 2.36. The summed E-state index contributed by atoms with van der Waals surface area (Å²) in [6.07, 6.45) is 3.59. The van der Waals surface area contributed by atoms with Crippen molar-refractivity contribution in [2.24, 2.45) is 0 Å². The molecule has 0 aliphatic rings. The summed E-state index contributed by atoms with van der Waals surface area (Å²) in [5.41, 5.74) is 3.84. The SMILES string of the molecule is Clc1ccc(C(Nc2ccncc2)(c2ccccc2)c2ccccc2)cc1. The summed E-state index contributed by atoms with van der Waals surface area (Å²) in [4.78, 5) is 4.15. The fraction of sp³-hybridized carbons (Fsp3) is 0.0417. The molecule has 3 heteroatoms. The van der Waals surface area contributed by atoms with Crippen LogP contribution in [-0.4, -0.2) is 4.98 Å². The van der Waals surface area contributed by atoms with Gasteiger partial charge in [0.05, 0.1) is 0 Å². The molecule has 1 N–H and O–H groups in total. The lowest BCUT2D eigenvalue weighted by atomic mass is 9.77. The summed E-state index contributed by atoms with van der Waals surface area (Å²) < 4.78 is 0. The van der Waals surface area contributed by atoms with Crippen LogP contribution in [-0.2, 0) is 5.54 Å². The average Bonchev–Trinajstić information content (AvgIpc) is 2.75. The Hall–Kier alpha value is -3.10. The third kappa shape index (κ3) is 3.44. The first-order valence-electron chi connectivity index (χ1n) is 8.84. The summed E-state index contributed by atoms with van der Waals surface area (Å²) in [6.45, 7) is 0. The molecule has 1 aromatic heterocycles. The van der Waals surface area contributed by atoms with Crippen LogP contribution >= 0.6 is 11.6 Å². The highest BCUT2D eigenvalue weighted by atomic mass is 35.5. The van der Waals surface area contributed by atoms with E-state index in [9.17, 15) is 0 Å². The van der Waals surface area contributed by atoms with E-state index in [1.807, 2.05) is 36.4 Å². The molecule has 0 fully saturated rings. The molecule has 0 aliphatic carbocycles. The van der Waals surface area contributed by atoms with E-state index < -0.39 is 5.54 Å². The second kappa shape index (κ2) is 7.65. The van der Waals surface area contributed by atoms with Gasteiger partial charge in [0.25, 0.3) is 0 Å². The van der Waals surface area contributed by atoms with Crippen LogP contribution in [0.1, 0.15) is 16.7 Å². The van der Waals surface area contributed by atoms with E-state index in [1.54, 1.807) is 12.4 Å². The normalized spacial score (nSPS) is 11.1. The van der Waals surface area contributed by atoms with E-state index in [0.29, 0.717) is 0 Å². The van der Waals surface area contributed by atoms with Crippen molar-refractivity contribution in [2.75, 3.05) is 5.32 Å². The predicted octanol–water partition coefficient (Wildman–Crippen LogP) is 6.14. The topological polar surface area (TPSA) is 24.9 Å². The quantitative estimate of drug-likeness (QED) is 0.427. The third-order valence-corrected chi connectivity index (χ3v) is 4.95. The number of pyridine rings is 1. The number of hydrogen-bond acceptors (Lipinski definition) is 2. The second-order valence-corrected chi connectivity index (χ2v) is 6.79. The van der Waals surface area contributed by atoms with E-state index >= 15 is 0 Å². The van der Waals surface area contributed by atoms with Gasteiger partial charge in [-0.3, -0.25) is 4.98 Å². The molecule has 0 radical (unpaired) electrons. The third-order valence-electron chi connectivity index (χ3n) is 4.70. The Morgan fingerprint density at radius 3 is 1.59 bits per heavy atom. The zero-order chi connectivity index (χ0) is 18.5. The lowest BCUT2D eigenvalue weighted by Gasteiger charge is -2.38. The number of anilines is 1. The Labute approximate surface area is 164 Å². The van der Waals surface area contributed by atoms with Crippen LogP contribution in [0.2, 0.25) is 5.02 Å². The molecule has 0 aliphatic heterocycles. The lowest BCUT2D eigenvalue weighted by molar-refractivity contribution is 0.711. The fourth-order valence-electron chi connectivity index (χ4n) is 3.44. The highest BCUT2D eigenvalue weighted by Crippen LogP contribution is 2.40. The molecule has 3 aromatic carbocycles. The molecule has 0 amide bonds. The minimum atomic E-state index is -0.561. The summed E-state index contributed by atoms with van der Waals surface area (Å²) in [7, 11) is 0. The van der Waals surface area contributed by atoms with Crippen molar-refractivity contribution in [1.82, 2.24) is 4.98 Å². The average molecular weight is 371 g/mol. The Kier molecular flexibility index (Phi) is 4.91. The van der Waals surface area contributed by atoms with Crippen molar-refractivity contribution in [1.29, 1.82) is 0 Å². The number of rotatable bonds is 5. The van der Waals surface area contributed by atoms with Crippen molar-refractivity contribution in [3.05, 3.63) is 131 Å². The molecule has 4 rings (SSSR count). The number of hydrogen-bond donors (Lipinski definition) is 1. The monoisotopic (exact) mass is 370 g/mol. The van der Waals surface area contributed by atoms with Gasteiger partial charge in [0.2, 0.25) is 0 Å². The Bertz CT molecular complexity index is 945. The van der Waals surface area contributed by atoms with Gasteiger partial charge in [-0.2, -0.15) is 0 Å². The first-order chi connectivity index (χ1) is 13.3. The summed E-state index contributed by atoms with van der Waals surface area (Å²) in [5, 5.41) is 4.50. The first kappa shape index (κ1) is 17.3. The fourth-order valence-corrected chi connectivity index (χ4v) is 3.57. The number of nitrogens with one attached hydrogen (secondary N) is 1. The van der Waals surface area contributed by atoms with Crippen molar-refractivity contribution >= 4 is 17.3 Å². The Morgan fingerprint density at radius 2 is 1.07 bits per heavy atom. The van der Waals surface area contributed by atoms with E-state index in [-0.39, 0.29) is 0 Å². The predicted molar refractivity (Wildman–Crippen MR) is 112 cm³/mol. The standard InChI is InChI=1S/C24H19ClN2/c25-22-13-11-21(12-14-22)24(19-7-3-1-4-8-19,20-9-5-2-6-10-20)27-23-15-17-26-18-16-23/h1-18H,(H,26,27). The number of benzene rings is 3. The van der Waals surface area contributed by atoms with E-state index in [4.69, 9.17) is 11.6 Å². The van der Waals surface area contributed by atoms with Gasteiger partial charge in [-0.25, -0.2) is 0 Å². The van der Waals surface area contributed by atoms with E-state index in [2.05, 4.69) is 71.0 Å². The minimum absolute atomic E-state index is 0.561. The zero-order valence-corrected chi connectivity index (χ0v) is 15.5. The second-order valence-electron chi connectivity index (χ2n) is 6.35. The molecule has 132 valence electrons. The molecule has 4 aromatic rings. The van der Waals surface area contributed by atoms with E-state index in [1.165, 1.54) is 0 Å². The van der Waals surface area contributed by atoms with Gasteiger partial charge in [0, 0.05) is 23.1 Å². The van der Waals surface area contributed by atoms with Crippen molar-refractivity contribution in [3.63, 3.8) is 0 Å². The maximum absolute atomic E-state index is 6.19. The molecule has 0 atom stereocenters. The maximum Gasteiger partial charge on any atom is 0.114 e. The van der Waals surface area contributed by atoms with E-state index in [0.717, 1.165) is 27.4 Å². The van der Waals surface area contributed by atoms with Crippen LogP contribution in [0.4, 0.5) is 5.69 Å². The van der Waals surface area contributed by atoms with Gasteiger partial charge in [-0.05, 0) is 41.0 Å². The van der Waals surface area contributed by atoms with Gasteiger partial charge < -0.3 is 5.32 Å². The van der Waals surface area contributed by atoms with Crippen LogP contribution in [0.3, 0.4) is 0 Å². The molecular weight excluding hydrogens is 352 g/mol. The lowest BCUT2D eigenvalue weighted by Crippen LogP contribution is -2.38. The van der Waals surface area contributed by atoms with Crippen LogP contribution in [0.25, 0.3) is 0 Å². The molecule has 0 spiro atoms. The van der Waals surface area contributed by atoms with Crippen molar-refractivity contribution < 1.29 is 0 Å². The molecule has 0 bridgehead atoms. The van der Waals surface area contributed by atoms with Gasteiger partial charge in [0.1, 0.15) is 5.54 Å². The van der Waals surface area contributed by atoms with Gasteiger partial charge >= 0.3 is 0 Å². The van der Waals surface area contributed by atoms with Crippen LogP contribution in [0, 0.1) is 0 Å². The number of halogens is 1. The molecule has 2 nitrogen and oxygen atoms in total. The first-order valence-corrected chi connectivity index (χ1v) is 9.22. The van der Waals surface area contributed by atoms with Gasteiger partial charge in [-0.15, -0.1) is 0 Å². The smallest absolute Gasteiger partial charge is 0.114 e.